The standard InChI is InChI=1S/C14H21N3S2/c1-10(8-12-6-5-7-18-12)17(4)14-16-11(2)13(19-14)9-15-3/h5-7,10,15H,8-9H2,1-4H3. The molecule has 1 unspecified atom stereocenters. The predicted octanol–water partition coefficient (Wildman–Crippen LogP) is 3.30. The molecule has 0 saturated heterocycles. The first-order valence-corrected chi connectivity index (χ1v) is 8.17. The summed E-state index contributed by atoms with van der Waals surface area (Å²) in [5, 5.41) is 6.45. The van der Waals surface area contributed by atoms with Crippen LogP contribution in [-0.2, 0) is 13.0 Å². The first-order valence-electron chi connectivity index (χ1n) is 6.48. The van der Waals surface area contributed by atoms with Gasteiger partial charge < -0.3 is 10.2 Å². The molecular formula is C14H21N3S2. The Morgan fingerprint density at radius 2 is 2.26 bits per heavy atom. The molecule has 0 saturated carbocycles. The third-order valence-electron chi connectivity index (χ3n) is 3.26. The van der Waals surface area contributed by atoms with Gasteiger partial charge in [0.2, 0.25) is 0 Å². The number of nitrogens with zero attached hydrogens (tertiary/aromatic N) is 2. The smallest absolute Gasteiger partial charge is 0.185 e. The Balaban J connectivity index is 2.05. The van der Waals surface area contributed by atoms with E-state index >= 15 is 0 Å². The second-order valence-electron chi connectivity index (χ2n) is 4.78. The monoisotopic (exact) mass is 295 g/mol. The lowest BCUT2D eigenvalue weighted by Crippen LogP contribution is -2.30. The number of anilines is 1. The van der Waals surface area contributed by atoms with E-state index in [2.05, 4.69) is 53.6 Å². The minimum atomic E-state index is 0.464. The number of thiazole rings is 1. The van der Waals surface area contributed by atoms with E-state index in [9.17, 15) is 0 Å². The lowest BCUT2D eigenvalue weighted by molar-refractivity contribution is 0.686. The molecule has 2 aromatic heterocycles. The van der Waals surface area contributed by atoms with Crippen LogP contribution in [0.2, 0.25) is 0 Å². The van der Waals surface area contributed by atoms with Crippen LogP contribution < -0.4 is 10.2 Å². The highest BCUT2D eigenvalue weighted by Crippen LogP contribution is 2.27. The molecule has 0 aromatic carbocycles. The third-order valence-corrected chi connectivity index (χ3v) is 5.41. The molecule has 2 aromatic rings. The fourth-order valence-electron chi connectivity index (χ4n) is 1.93. The summed E-state index contributed by atoms with van der Waals surface area (Å²) in [6.45, 7) is 5.25. The minimum absolute atomic E-state index is 0.464. The predicted molar refractivity (Wildman–Crippen MR) is 85.5 cm³/mol. The molecule has 1 atom stereocenters. The van der Waals surface area contributed by atoms with E-state index in [0.29, 0.717) is 6.04 Å². The van der Waals surface area contributed by atoms with Crippen molar-refractivity contribution in [3.63, 3.8) is 0 Å². The van der Waals surface area contributed by atoms with Gasteiger partial charge in [0.05, 0.1) is 5.69 Å². The van der Waals surface area contributed by atoms with Crippen molar-refractivity contribution in [3.05, 3.63) is 33.0 Å². The number of aryl methyl sites for hydroxylation is 1. The van der Waals surface area contributed by atoms with Crippen molar-refractivity contribution in [2.75, 3.05) is 19.0 Å². The van der Waals surface area contributed by atoms with Crippen LogP contribution >= 0.6 is 22.7 Å². The lowest BCUT2D eigenvalue weighted by atomic mass is 10.2. The molecule has 2 heterocycles. The van der Waals surface area contributed by atoms with Crippen LogP contribution in [0.4, 0.5) is 5.13 Å². The van der Waals surface area contributed by atoms with Crippen LogP contribution in [0.1, 0.15) is 22.4 Å². The number of hydrogen-bond acceptors (Lipinski definition) is 5. The molecule has 0 spiro atoms. The quantitative estimate of drug-likeness (QED) is 0.886. The molecule has 0 aliphatic rings. The van der Waals surface area contributed by atoms with Crippen LogP contribution in [0.25, 0.3) is 0 Å². The van der Waals surface area contributed by atoms with Crippen molar-refractivity contribution in [3.8, 4) is 0 Å². The summed E-state index contributed by atoms with van der Waals surface area (Å²) < 4.78 is 0. The maximum atomic E-state index is 4.69. The molecule has 2 rings (SSSR count). The van der Waals surface area contributed by atoms with Crippen molar-refractivity contribution >= 4 is 27.8 Å². The Morgan fingerprint density at radius 3 is 2.89 bits per heavy atom. The number of nitrogens with one attached hydrogen (secondary N) is 1. The van der Waals surface area contributed by atoms with Gasteiger partial charge in [-0.15, -0.1) is 22.7 Å². The van der Waals surface area contributed by atoms with E-state index < -0.39 is 0 Å². The minimum Gasteiger partial charge on any atom is -0.348 e. The zero-order chi connectivity index (χ0) is 13.8. The summed E-state index contributed by atoms with van der Waals surface area (Å²) in [5.74, 6) is 0. The van der Waals surface area contributed by atoms with Gasteiger partial charge >= 0.3 is 0 Å². The van der Waals surface area contributed by atoms with Crippen LogP contribution in [0.15, 0.2) is 17.5 Å². The number of thiophene rings is 1. The van der Waals surface area contributed by atoms with Gasteiger partial charge in [-0.1, -0.05) is 6.07 Å². The highest BCUT2D eigenvalue weighted by Gasteiger charge is 2.16. The number of aromatic nitrogens is 1. The summed E-state index contributed by atoms with van der Waals surface area (Å²) >= 11 is 3.62. The molecule has 0 amide bonds. The molecule has 0 aliphatic carbocycles. The lowest BCUT2D eigenvalue weighted by Gasteiger charge is -2.23. The van der Waals surface area contributed by atoms with E-state index in [4.69, 9.17) is 0 Å². The van der Waals surface area contributed by atoms with E-state index in [-0.39, 0.29) is 0 Å². The highest BCUT2D eigenvalue weighted by molar-refractivity contribution is 7.15. The summed E-state index contributed by atoms with van der Waals surface area (Å²) in [5.41, 5.74) is 1.14. The van der Waals surface area contributed by atoms with Crippen molar-refractivity contribution in [2.45, 2.75) is 32.9 Å². The fraction of sp³-hybridized carbons (Fsp3) is 0.500. The van der Waals surface area contributed by atoms with E-state index in [1.807, 2.05) is 18.4 Å². The summed E-state index contributed by atoms with van der Waals surface area (Å²) in [6, 6.07) is 4.78. The molecule has 0 fully saturated rings. The summed E-state index contributed by atoms with van der Waals surface area (Å²) in [4.78, 5) is 9.74. The highest BCUT2D eigenvalue weighted by atomic mass is 32.1. The van der Waals surface area contributed by atoms with Crippen molar-refractivity contribution in [2.24, 2.45) is 0 Å². The van der Waals surface area contributed by atoms with Crippen molar-refractivity contribution in [1.82, 2.24) is 10.3 Å². The summed E-state index contributed by atoms with van der Waals surface area (Å²) in [6.07, 6.45) is 1.08. The Labute approximate surface area is 123 Å². The van der Waals surface area contributed by atoms with E-state index in [1.54, 1.807) is 11.3 Å². The number of hydrogen-bond donors (Lipinski definition) is 1. The van der Waals surface area contributed by atoms with Crippen LogP contribution in [0.3, 0.4) is 0 Å². The van der Waals surface area contributed by atoms with Crippen molar-refractivity contribution < 1.29 is 0 Å². The van der Waals surface area contributed by atoms with Gasteiger partial charge in [0.15, 0.2) is 5.13 Å². The van der Waals surface area contributed by atoms with E-state index in [1.165, 1.54) is 9.75 Å². The third kappa shape index (κ3) is 3.55. The molecule has 5 heteroatoms. The first kappa shape index (κ1) is 14.5. The Morgan fingerprint density at radius 1 is 1.47 bits per heavy atom. The Kier molecular flexibility index (Phi) is 4.96. The Hall–Kier alpha value is -0.910. The summed E-state index contributed by atoms with van der Waals surface area (Å²) in [7, 11) is 4.11. The average Bonchev–Trinajstić information content (AvgIpc) is 3.00. The normalized spacial score (nSPS) is 12.6. The van der Waals surface area contributed by atoms with Crippen molar-refractivity contribution in [1.29, 1.82) is 0 Å². The van der Waals surface area contributed by atoms with Gasteiger partial charge in [-0.2, -0.15) is 0 Å². The van der Waals surface area contributed by atoms with Crippen LogP contribution in [-0.4, -0.2) is 25.1 Å². The van der Waals surface area contributed by atoms with Gasteiger partial charge in [-0.3, -0.25) is 0 Å². The molecule has 0 radical (unpaired) electrons. The molecule has 104 valence electrons. The second-order valence-corrected chi connectivity index (χ2v) is 6.87. The molecular weight excluding hydrogens is 274 g/mol. The average molecular weight is 295 g/mol. The van der Waals surface area contributed by atoms with Gasteiger partial charge in [-0.05, 0) is 32.3 Å². The molecule has 0 aliphatic heterocycles. The molecule has 19 heavy (non-hydrogen) atoms. The number of rotatable bonds is 6. The van der Waals surface area contributed by atoms with E-state index in [0.717, 1.165) is 23.8 Å². The van der Waals surface area contributed by atoms with Gasteiger partial charge in [0, 0.05) is 35.8 Å². The van der Waals surface area contributed by atoms with Gasteiger partial charge in [0.25, 0.3) is 0 Å². The van der Waals surface area contributed by atoms with Gasteiger partial charge in [0.1, 0.15) is 0 Å². The zero-order valence-electron chi connectivity index (χ0n) is 11.9. The molecule has 0 bridgehead atoms. The van der Waals surface area contributed by atoms with Crippen LogP contribution in [0, 0.1) is 6.92 Å². The first-order chi connectivity index (χ1) is 9.11. The zero-order valence-corrected chi connectivity index (χ0v) is 13.6. The number of likely N-dealkylation sites (N-methyl/N-ethyl adjacent to an activating group) is 1. The molecule has 1 N–H and O–H groups in total. The van der Waals surface area contributed by atoms with Crippen LogP contribution in [0.5, 0.6) is 0 Å². The molecule has 3 nitrogen and oxygen atoms in total. The Bertz CT molecular complexity index is 505. The maximum Gasteiger partial charge on any atom is 0.185 e. The second kappa shape index (κ2) is 6.50. The largest absolute Gasteiger partial charge is 0.348 e. The fourth-order valence-corrected chi connectivity index (χ4v) is 3.90. The SMILES string of the molecule is CNCc1sc(N(C)C(C)Cc2cccs2)nc1C. The maximum absolute atomic E-state index is 4.69. The topological polar surface area (TPSA) is 28.2 Å². The van der Waals surface area contributed by atoms with Gasteiger partial charge in [-0.25, -0.2) is 4.98 Å².